The number of nitro benzene ring substituents is 1. The molecule has 3 rings (SSSR count). The lowest BCUT2D eigenvalue weighted by Gasteiger charge is -2.12. The number of nitrogens with one attached hydrogen (secondary N) is 2. The monoisotopic (exact) mass is 389 g/mol. The Labute approximate surface area is 167 Å². The minimum atomic E-state index is -0.531. The second kappa shape index (κ2) is 8.79. The molecule has 0 saturated heterocycles. The molecule has 146 valence electrons. The molecule has 0 aliphatic carbocycles. The van der Waals surface area contributed by atoms with Gasteiger partial charge in [-0.25, -0.2) is 0 Å². The predicted octanol–water partition coefficient (Wildman–Crippen LogP) is 4.09. The Kier molecular flexibility index (Phi) is 5.99. The van der Waals surface area contributed by atoms with Crippen molar-refractivity contribution in [1.82, 2.24) is 5.32 Å². The van der Waals surface area contributed by atoms with Crippen LogP contribution < -0.4 is 10.6 Å². The molecule has 29 heavy (non-hydrogen) atoms. The summed E-state index contributed by atoms with van der Waals surface area (Å²) in [5.74, 6) is -0.865. The highest BCUT2D eigenvalue weighted by Crippen LogP contribution is 2.21. The van der Waals surface area contributed by atoms with Gasteiger partial charge in [-0.1, -0.05) is 48.5 Å². The molecule has 3 aromatic rings. The maximum absolute atomic E-state index is 12.6. The van der Waals surface area contributed by atoms with E-state index in [-0.39, 0.29) is 17.2 Å². The van der Waals surface area contributed by atoms with Gasteiger partial charge < -0.3 is 10.6 Å². The van der Waals surface area contributed by atoms with Gasteiger partial charge >= 0.3 is 0 Å². The number of aryl methyl sites for hydroxylation is 1. The average molecular weight is 389 g/mol. The molecule has 0 unspecified atom stereocenters. The normalized spacial score (nSPS) is 10.2. The first-order valence-corrected chi connectivity index (χ1v) is 8.93. The van der Waals surface area contributed by atoms with Crippen LogP contribution in [0.3, 0.4) is 0 Å². The number of benzene rings is 3. The fourth-order valence-electron chi connectivity index (χ4n) is 2.81. The number of carbonyl (C=O) groups is 2. The molecule has 2 N–H and O–H groups in total. The van der Waals surface area contributed by atoms with Crippen LogP contribution in [0.15, 0.2) is 72.8 Å². The van der Waals surface area contributed by atoms with E-state index in [1.807, 2.05) is 30.3 Å². The van der Waals surface area contributed by atoms with Gasteiger partial charge in [0.05, 0.1) is 16.2 Å². The van der Waals surface area contributed by atoms with Crippen LogP contribution in [0.25, 0.3) is 0 Å². The second-order valence-corrected chi connectivity index (χ2v) is 6.43. The Morgan fingerprint density at radius 3 is 2.34 bits per heavy atom. The highest BCUT2D eigenvalue weighted by Gasteiger charge is 2.17. The number of amides is 2. The van der Waals surface area contributed by atoms with Crippen molar-refractivity contribution in [3.8, 4) is 0 Å². The average Bonchev–Trinajstić information content (AvgIpc) is 2.73. The van der Waals surface area contributed by atoms with Gasteiger partial charge in [-0.15, -0.1) is 0 Å². The van der Waals surface area contributed by atoms with Gasteiger partial charge in [-0.3, -0.25) is 19.7 Å². The molecule has 0 atom stereocenters. The van der Waals surface area contributed by atoms with Crippen LogP contribution >= 0.6 is 0 Å². The van der Waals surface area contributed by atoms with E-state index in [1.54, 1.807) is 31.2 Å². The lowest BCUT2D eigenvalue weighted by Crippen LogP contribution is -2.24. The molecule has 2 amide bonds. The Hall–Kier alpha value is -4.00. The van der Waals surface area contributed by atoms with Crippen molar-refractivity contribution in [2.24, 2.45) is 0 Å². The van der Waals surface area contributed by atoms with Crippen molar-refractivity contribution in [2.45, 2.75) is 13.5 Å². The minimum Gasteiger partial charge on any atom is -0.348 e. The van der Waals surface area contributed by atoms with Crippen molar-refractivity contribution in [2.75, 3.05) is 5.32 Å². The van der Waals surface area contributed by atoms with Gasteiger partial charge in [0, 0.05) is 23.7 Å². The number of hydrogen-bond donors (Lipinski definition) is 2. The molecule has 0 radical (unpaired) electrons. The highest BCUT2D eigenvalue weighted by atomic mass is 16.6. The summed E-state index contributed by atoms with van der Waals surface area (Å²) in [6, 6.07) is 20.3. The zero-order valence-corrected chi connectivity index (χ0v) is 15.7. The third-order valence-electron chi connectivity index (χ3n) is 4.38. The fraction of sp³-hybridized carbons (Fsp3) is 0.0909. The molecule has 0 heterocycles. The topological polar surface area (TPSA) is 101 Å². The summed E-state index contributed by atoms with van der Waals surface area (Å²) in [5, 5.41) is 16.6. The fourth-order valence-corrected chi connectivity index (χ4v) is 2.81. The molecule has 7 heteroatoms. The van der Waals surface area contributed by atoms with E-state index in [1.165, 1.54) is 18.2 Å². The van der Waals surface area contributed by atoms with E-state index in [2.05, 4.69) is 10.6 Å². The zero-order chi connectivity index (χ0) is 20.8. The molecule has 0 aliphatic heterocycles. The predicted molar refractivity (Wildman–Crippen MR) is 110 cm³/mol. The van der Waals surface area contributed by atoms with Crippen molar-refractivity contribution in [3.63, 3.8) is 0 Å². The number of hydrogen-bond acceptors (Lipinski definition) is 4. The second-order valence-electron chi connectivity index (χ2n) is 6.43. The van der Waals surface area contributed by atoms with Crippen molar-refractivity contribution in [1.29, 1.82) is 0 Å². The third-order valence-corrected chi connectivity index (χ3v) is 4.38. The number of nitrogens with zero attached hydrogens (tertiary/aromatic N) is 1. The molecule has 0 spiro atoms. The van der Waals surface area contributed by atoms with E-state index in [0.29, 0.717) is 23.4 Å². The third kappa shape index (κ3) is 4.84. The van der Waals surface area contributed by atoms with Crippen LogP contribution in [-0.4, -0.2) is 16.7 Å². The molecule has 0 fully saturated rings. The zero-order valence-electron chi connectivity index (χ0n) is 15.7. The van der Waals surface area contributed by atoms with Crippen molar-refractivity contribution in [3.05, 3.63) is 105 Å². The lowest BCUT2D eigenvalue weighted by atomic mass is 10.1. The maximum Gasteiger partial charge on any atom is 0.273 e. The largest absolute Gasteiger partial charge is 0.348 e. The summed E-state index contributed by atoms with van der Waals surface area (Å²) in [7, 11) is 0. The summed E-state index contributed by atoms with van der Waals surface area (Å²) in [4.78, 5) is 35.8. The Morgan fingerprint density at radius 1 is 0.931 bits per heavy atom. The lowest BCUT2D eigenvalue weighted by molar-refractivity contribution is -0.385. The molecule has 3 aromatic carbocycles. The first-order valence-electron chi connectivity index (χ1n) is 8.93. The molecule has 7 nitrogen and oxygen atoms in total. The SMILES string of the molecule is Cc1ccc(C(=O)Nc2ccccc2C(=O)NCc2ccccc2)cc1[N+](=O)[O-]. The molecule has 0 bridgehead atoms. The van der Waals surface area contributed by atoms with Gasteiger partial charge in [0.15, 0.2) is 0 Å². The van der Waals surface area contributed by atoms with Crippen LogP contribution in [0.1, 0.15) is 31.8 Å². The number of nitro groups is 1. The summed E-state index contributed by atoms with van der Waals surface area (Å²) in [6.45, 7) is 1.96. The van der Waals surface area contributed by atoms with E-state index in [0.717, 1.165) is 5.56 Å². The molecule has 0 aromatic heterocycles. The number of carbonyl (C=O) groups excluding carboxylic acids is 2. The Morgan fingerprint density at radius 2 is 1.62 bits per heavy atom. The van der Waals surface area contributed by atoms with E-state index in [9.17, 15) is 19.7 Å². The van der Waals surface area contributed by atoms with Crippen LogP contribution in [0.4, 0.5) is 11.4 Å². The van der Waals surface area contributed by atoms with E-state index >= 15 is 0 Å². The Bertz CT molecular complexity index is 1060. The summed E-state index contributed by atoms with van der Waals surface area (Å²) in [6.07, 6.45) is 0. The standard InChI is InChI=1S/C22H19N3O4/c1-15-11-12-17(13-20(15)25(28)29)21(26)24-19-10-6-5-9-18(19)22(27)23-14-16-7-3-2-4-8-16/h2-13H,14H2,1H3,(H,23,27)(H,24,26). The first-order chi connectivity index (χ1) is 14.0. The molecular weight excluding hydrogens is 370 g/mol. The first kappa shape index (κ1) is 19.8. The molecular formula is C22H19N3O4. The minimum absolute atomic E-state index is 0.133. The van der Waals surface area contributed by atoms with Gasteiger partial charge in [0.25, 0.3) is 17.5 Å². The van der Waals surface area contributed by atoms with Crippen molar-refractivity contribution >= 4 is 23.2 Å². The number of para-hydroxylation sites is 1. The number of rotatable bonds is 6. The van der Waals surface area contributed by atoms with Crippen LogP contribution in [0.5, 0.6) is 0 Å². The van der Waals surface area contributed by atoms with Crippen LogP contribution in [0.2, 0.25) is 0 Å². The molecule has 0 saturated carbocycles. The van der Waals surface area contributed by atoms with Gasteiger partial charge in [0.1, 0.15) is 0 Å². The number of anilines is 1. The van der Waals surface area contributed by atoms with Gasteiger partial charge in [-0.05, 0) is 30.7 Å². The quantitative estimate of drug-likeness (QED) is 0.490. The van der Waals surface area contributed by atoms with E-state index in [4.69, 9.17) is 0 Å². The van der Waals surface area contributed by atoms with Gasteiger partial charge in [-0.2, -0.15) is 0 Å². The summed E-state index contributed by atoms with van der Waals surface area (Å²) in [5.41, 5.74) is 2.06. The van der Waals surface area contributed by atoms with Crippen molar-refractivity contribution < 1.29 is 14.5 Å². The molecule has 0 aliphatic rings. The highest BCUT2D eigenvalue weighted by molar-refractivity contribution is 6.09. The summed E-state index contributed by atoms with van der Waals surface area (Å²) < 4.78 is 0. The smallest absolute Gasteiger partial charge is 0.273 e. The Balaban J connectivity index is 1.76. The van der Waals surface area contributed by atoms with E-state index < -0.39 is 10.8 Å². The van der Waals surface area contributed by atoms with Crippen LogP contribution in [-0.2, 0) is 6.54 Å². The maximum atomic E-state index is 12.6. The van der Waals surface area contributed by atoms with Gasteiger partial charge in [0.2, 0.25) is 0 Å². The summed E-state index contributed by atoms with van der Waals surface area (Å²) >= 11 is 0. The van der Waals surface area contributed by atoms with Crippen LogP contribution in [0, 0.1) is 17.0 Å².